The van der Waals surface area contributed by atoms with E-state index in [0.29, 0.717) is 12.1 Å². The number of hydrogen-bond donors (Lipinski definition) is 1. The fraction of sp³-hybridized carbons (Fsp3) is 0.391. The Labute approximate surface area is 167 Å². The molecule has 1 saturated heterocycles. The quantitative estimate of drug-likeness (QED) is 0.838. The summed E-state index contributed by atoms with van der Waals surface area (Å²) >= 11 is 0. The minimum absolute atomic E-state index is 0.00581. The van der Waals surface area contributed by atoms with Crippen LogP contribution in [-0.2, 0) is 11.3 Å². The number of anilines is 1. The zero-order valence-electron chi connectivity index (χ0n) is 17.0. The zero-order valence-corrected chi connectivity index (χ0v) is 17.0. The first kappa shape index (κ1) is 19.9. The molecule has 0 radical (unpaired) electrons. The molecule has 2 amide bonds. The molecule has 5 nitrogen and oxygen atoms in total. The van der Waals surface area contributed by atoms with Crippen LogP contribution in [0.3, 0.4) is 0 Å². The summed E-state index contributed by atoms with van der Waals surface area (Å²) in [7, 11) is 1.78. The minimum Gasteiger partial charge on any atom is -0.371 e. The van der Waals surface area contributed by atoms with E-state index in [2.05, 4.69) is 22.3 Å². The average molecular weight is 380 g/mol. The Kier molecular flexibility index (Phi) is 6.34. The first-order valence-electron chi connectivity index (χ1n) is 9.88. The van der Waals surface area contributed by atoms with Gasteiger partial charge in [-0.05, 0) is 61.6 Å². The van der Waals surface area contributed by atoms with Crippen molar-refractivity contribution in [2.45, 2.75) is 33.2 Å². The lowest BCUT2D eigenvalue weighted by molar-refractivity contribution is -0.129. The lowest BCUT2D eigenvalue weighted by Crippen LogP contribution is -2.38. The van der Waals surface area contributed by atoms with E-state index in [4.69, 9.17) is 0 Å². The molecule has 148 valence electrons. The van der Waals surface area contributed by atoms with Crippen molar-refractivity contribution >= 4 is 17.5 Å². The highest BCUT2D eigenvalue weighted by Gasteiger charge is 2.18. The highest BCUT2D eigenvalue weighted by Crippen LogP contribution is 2.25. The number of amides is 2. The van der Waals surface area contributed by atoms with Crippen molar-refractivity contribution in [3.8, 4) is 0 Å². The molecule has 0 atom stereocenters. The summed E-state index contributed by atoms with van der Waals surface area (Å²) in [5.74, 6) is -0.323. The van der Waals surface area contributed by atoms with E-state index in [0.717, 1.165) is 29.8 Å². The molecular weight excluding hydrogens is 350 g/mol. The molecule has 1 heterocycles. The second kappa shape index (κ2) is 8.91. The lowest BCUT2D eigenvalue weighted by Gasteiger charge is -2.24. The number of benzene rings is 2. The van der Waals surface area contributed by atoms with Gasteiger partial charge in [0.25, 0.3) is 5.91 Å². The molecule has 2 aromatic rings. The molecule has 0 bridgehead atoms. The number of rotatable bonds is 6. The van der Waals surface area contributed by atoms with Crippen LogP contribution in [-0.4, -0.2) is 43.4 Å². The third-order valence-electron chi connectivity index (χ3n) is 5.44. The van der Waals surface area contributed by atoms with Crippen molar-refractivity contribution in [1.82, 2.24) is 10.2 Å². The molecule has 5 heteroatoms. The molecular formula is C23H29N3O2. The smallest absolute Gasteiger partial charge is 0.251 e. The maximum absolute atomic E-state index is 12.5. The van der Waals surface area contributed by atoms with Crippen LogP contribution >= 0.6 is 0 Å². The molecule has 0 unspecified atom stereocenters. The SMILES string of the molecule is Cc1ccc(C(=O)NCC(=O)N(C)Cc2ccccc2N2CCCC2)cc1C. The van der Waals surface area contributed by atoms with Crippen LogP contribution in [0, 0.1) is 13.8 Å². The first-order chi connectivity index (χ1) is 13.5. The van der Waals surface area contributed by atoms with Crippen molar-refractivity contribution in [3.05, 3.63) is 64.7 Å². The Balaban J connectivity index is 1.58. The van der Waals surface area contributed by atoms with Crippen molar-refractivity contribution in [2.24, 2.45) is 0 Å². The van der Waals surface area contributed by atoms with Gasteiger partial charge in [0.05, 0.1) is 6.54 Å². The Morgan fingerprint density at radius 3 is 2.46 bits per heavy atom. The number of carbonyl (C=O) groups excluding carboxylic acids is 2. The highest BCUT2D eigenvalue weighted by atomic mass is 16.2. The lowest BCUT2D eigenvalue weighted by atomic mass is 10.1. The third-order valence-corrected chi connectivity index (χ3v) is 5.44. The molecule has 1 N–H and O–H groups in total. The number of nitrogens with zero attached hydrogens (tertiary/aromatic N) is 2. The van der Waals surface area contributed by atoms with Gasteiger partial charge in [-0.25, -0.2) is 0 Å². The second-order valence-electron chi connectivity index (χ2n) is 7.55. The molecule has 0 aliphatic carbocycles. The van der Waals surface area contributed by atoms with Crippen molar-refractivity contribution < 1.29 is 9.59 Å². The number of nitrogens with one attached hydrogen (secondary N) is 1. The standard InChI is InChI=1S/C23H29N3O2/c1-17-10-11-19(14-18(17)2)23(28)24-15-22(27)25(3)16-20-8-4-5-9-21(20)26-12-6-7-13-26/h4-5,8-11,14H,6-7,12-13,15-16H2,1-3H3,(H,24,28). The van der Waals surface area contributed by atoms with Gasteiger partial charge in [0.15, 0.2) is 0 Å². The largest absolute Gasteiger partial charge is 0.371 e. The van der Waals surface area contributed by atoms with Gasteiger partial charge in [0, 0.05) is 37.9 Å². The number of hydrogen-bond acceptors (Lipinski definition) is 3. The number of aryl methyl sites for hydroxylation is 2. The Morgan fingerprint density at radius 1 is 1.04 bits per heavy atom. The van der Waals surface area contributed by atoms with E-state index in [1.807, 2.05) is 38.1 Å². The van der Waals surface area contributed by atoms with Gasteiger partial charge in [0.2, 0.25) is 5.91 Å². The van der Waals surface area contributed by atoms with E-state index < -0.39 is 0 Å². The predicted octanol–water partition coefficient (Wildman–Crippen LogP) is 3.29. The average Bonchev–Trinajstić information content (AvgIpc) is 3.23. The number of carbonyl (C=O) groups is 2. The van der Waals surface area contributed by atoms with Crippen LogP contribution in [0.1, 0.15) is 39.9 Å². The van der Waals surface area contributed by atoms with Gasteiger partial charge >= 0.3 is 0 Å². The monoisotopic (exact) mass is 379 g/mol. The van der Waals surface area contributed by atoms with E-state index in [1.165, 1.54) is 18.5 Å². The topological polar surface area (TPSA) is 52.7 Å². The normalized spacial score (nSPS) is 13.5. The summed E-state index contributed by atoms with van der Waals surface area (Å²) in [6.07, 6.45) is 2.43. The van der Waals surface area contributed by atoms with E-state index >= 15 is 0 Å². The molecule has 3 rings (SSSR count). The van der Waals surface area contributed by atoms with E-state index in [9.17, 15) is 9.59 Å². The minimum atomic E-state index is -0.220. The highest BCUT2D eigenvalue weighted by molar-refractivity contribution is 5.96. The molecule has 0 saturated carbocycles. The summed E-state index contributed by atoms with van der Waals surface area (Å²) in [5.41, 5.74) is 5.14. The van der Waals surface area contributed by atoms with Crippen molar-refractivity contribution in [3.63, 3.8) is 0 Å². The fourth-order valence-corrected chi connectivity index (χ4v) is 3.53. The van der Waals surface area contributed by atoms with Crippen molar-refractivity contribution in [1.29, 1.82) is 0 Å². The first-order valence-corrected chi connectivity index (χ1v) is 9.88. The zero-order chi connectivity index (χ0) is 20.1. The molecule has 1 aliphatic heterocycles. The number of para-hydroxylation sites is 1. The van der Waals surface area contributed by atoms with E-state index in [-0.39, 0.29) is 18.4 Å². The van der Waals surface area contributed by atoms with Crippen LogP contribution < -0.4 is 10.2 Å². The van der Waals surface area contributed by atoms with Gasteiger partial charge in [-0.1, -0.05) is 24.3 Å². The van der Waals surface area contributed by atoms with E-state index in [1.54, 1.807) is 18.0 Å². The number of likely N-dealkylation sites (N-methyl/N-ethyl adjacent to an activating group) is 1. The summed E-state index contributed by atoms with van der Waals surface area (Å²) in [5, 5.41) is 2.74. The predicted molar refractivity (Wildman–Crippen MR) is 113 cm³/mol. The molecule has 28 heavy (non-hydrogen) atoms. The molecule has 0 spiro atoms. The van der Waals surface area contributed by atoms with Gasteiger partial charge in [-0.2, -0.15) is 0 Å². The molecule has 1 fully saturated rings. The Hall–Kier alpha value is -2.82. The fourth-order valence-electron chi connectivity index (χ4n) is 3.53. The maximum atomic E-state index is 12.5. The van der Waals surface area contributed by atoms with Gasteiger partial charge < -0.3 is 15.1 Å². The van der Waals surface area contributed by atoms with Crippen LogP contribution in [0.15, 0.2) is 42.5 Å². The van der Waals surface area contributed by atoms with Crippen LogP contribution in [0.4, 0.5) is 5.69 Å². The summed E-state index contributed by atoms with van der Waals surface area (Å²) in [6, 6.07) is 13.8. The molecule has 2 aromatic carbocycles. The summed E-state index contributed by atoms with van der Waals surface area (Å²) < 4.78 is 0. The van der Waals surface area contributed by atoms with Crippen molar-refractivity contribution in [2.75, 3.05) is 31.6 Å². The van der Waals surface area contributed by atoms with Crippen LogP contribution in [0.2, 0.25) is 0 Å². The summed E-state index contributed by atoms with van der Waals surface area (Å²) in [6.45, 7) is 6.65. The molecule has 1 aliphatic rings. The Bertz CT molecular complexity index is 857. The third kappa shape index (κ3) is 4.71. The van der Waals surface area contributed by atoms with Gasteiger partial charge in [0.1, 0.15) is 0 Å². The van der Waals surface area contributed by atoms with Gasteiger partial charge in [-0.15, -0.1) is 0 Å². The molecule has 0 aromatic heterocycles. The van der Waals surface area contributed by atoms with Gasteiger partial charge in [-0.3, -0.25) is 9.59 Å². The Morgan fingerprint density at radius 2 is 1.75 bits per heavy atom. The maximum Gasteiger partial charge on any atom is 0.251 e. The second-order valence-corrected chi connectivity index (χ2v) is 7.55. The summed E-state index contributed by atoms with van der Waals surface area (Å²) in [4.78, 5) is 28.9. The van der Waals surface area contributed by atoms with Crippen LogP contribution in [0.5, 0.6) is 0 Å². The van der Waals surface area contributed by atoms with Crippen LogP contribution in [0.25, 0.3) is 0 Å².